The first-order valence-electron chi connectivity index (χ1n) is 6.05. The number of nitrogens with zero attached hydrogens (tertiary/aromatic N) is 2. The molecule has 0 saturated heterocycles. The Bertz CT molecular complexity index is 520. The molecule has 0 spiro atoms. The maximum absolute atomic E-state index is 11.7. The number of carbonyl (C=O) groups excluding carboxylic acids is 1. The maximum Gasteiger partial charge on any atom is 0.226 e. The fourth-order valence-electron chi connectivity index (χ4n) is 1.66. The number of benzene rings is 1. The number of amides is 1. The lowest BCUT2D eigenvalue weighted by molar-refractivity contribution is -0.120. The number of anilines is 1. The molecule has 0 unspecified atom stereocenters. The summed E-state index contributed by atoms with van der Waals surface area (Å²) in [5.74, 6) is 0.00239. The quantitative estimate of drug-likeness (QED) is 0.908. The monoisotopic (exact) mass is 275 g/mol. The second kappa shape index (κ2) is 6.33. The fraction of sp³-hybridized carbons (Fsp3) is 0.286. The van der Waals surface area contributed by atoms with Gasteiger partial charge in [-0.25, -0.2) is 4.98 Å². The van der Waals surface area contributed by atoms with E-state index in [1.165, 1.54) is 11.3 Å². The van der Waals surface area contributed by atoms with Crippen molar-refractivity contribution in [2.45, 2.75) is 13.0 Å². The summed E-state index contributed by atoms with van der Waals surface area (Å²) in [6.07, 6.45) is 0.347. The number of hydrogen-bond acceptors (Lipinski definition) is 4. The Balaban J connectivity index is 1.83. The molecule has 0 bridgehead atoms. The summed E-state index contributed by atoms with van der Waals surface area (Å²) >= 11 is 1.50. The molecule has 19 heavy (non-hydrogen) atoms. The van der Waals surface area contributed by atoms with Gasteiger partial charge in [-0.3, -0.25) is 4.79 Å². The van der Waals surface area contributed by atoms with Crippen LogP contribution in [0.15, 0.2) is 35.2 Å². The molecule has 0 aliphatic rings. The first kappa shape index (κ1) is 13.5. The minimum Gasteiger partial charge on any atom is -0.378 e. The van der Waals surface area contributed by atoms with Crippen LogP contribution in [-0.4, -0.2) is 25.0 Å². The van der Waals surface area contributed by atoms with Gasteiger partial charge in [0.2, 0.25) is 5.91 Å². The number of thiazole rings is 1. The van der Waals surface area contributed by atoms with Gasteiger partial charge in [0.25, 0.3) is 0 Å². The minimum absolute atomic E-state index is 0.00239. The highest BCUT2D eigenvalue weighted by Gasteiger charge is 2.04. The van der Waals surface area contributed by atoms with E-state index in [0.29, 0.717) is 13.0 Å². The fourth-order valence-corrected chi connectivity index (χ4v) is 2.22. The van der Waals surface area contributed by atoms with Crippen molar-refractivity contribution in [3.05, 3.63) is 46.4 Å². The smallest absolute Gasteiger partial charge is 0.226 e. The lowest BCUT2D eigenvalue weighted by Gasteiger charge is -2.12. The van der Waals surface area contributed by atoms with Gasteiger partial charge in [-0.05, 0) is 17.7 Å². The highest BCUT2D eigenvalue weighted by molar-refractivity contribution is 7.07. The van der Waals surface area contributed by atoms with Crippen molar-refractivity contribution in [1.82, 2.24) is 10.3 Å². The summed E-state index contributed by atoms with van der Waals surface area (Å²) in [5, 5.41) is 4.79. The number of carbonyl (C=O) groups is 1. The maximum atomic E-state index is 11.7. The summed E-state index contributed by atoms with van der Waals surface area (Å²) in [5.41, 5.74) is 4.81. The Morgan fingerprint density at radius 3 is 2.63 bits per heavy atom. The van der Waals surface area contributed by atoms with Crippen molar-refractivity contribution in [3.63, 3.8) is 0 Å². The van der Waals surface area contributed by atoms with E-state index in [1.54, 1.807) is 5.51 Å². The van der Waals surface area contributed by atoms with Crippen LogP contribution in [0, 0.1) is 0 Å². The SMILES string of the molecule is CN(C)c1ccc(CNC(=O)Cc2cscn2)cc1. The van der Waals surface area contributed by atoms with Crippen LogP contribution >= 0.6 is 11.3 Å². The number of rotatable bonds is 5. The van der Waals surface area contributed by atoms with Gasteiger partial charge in [0.1, 0.15) is 0 Å². The Labute approximate surface area is 117 Å². The van der Waals surface area contributed by atoms with E-state index in [2.05, 4.69) is 10.3 Å². The normalized spacial score (nSPS) is 10.2. The molecule has 0 radical (unpaired) electrons. The van der Waals surface area contributed by atoms with Gasteiger partial charge < -0.3 is 10.2 Å². The number of nitrogens with one attached hydrogen (secondary N) is 1. The van der Waals surface area contributed by atoms with Gasteiger partial charge in [-0.15, -0.1) is 11.3 Å². The summed E-state index contributed by atoms with van der Waals surface area (Å²) in [4.78, 5) is 17.8. The van der Waals surface area contributed by atoms with Crippen molar-refractivity contribution in [3.8, 4) is 0 Å². The van der Waals surface area contributed by atoms with Crippen LogP contribution in [0.2, 0.25) is 0 Å². The predicted octanol–water partition coefficient (Wildman–Crippen LogP) is 2.07. The molecule has 100 valence electrons. The molecule has 1 aromatic heterocycles. The van der Waals surface area contributed by atoms with Gasteiger partial charge in [0, 0.05) is 31.7 Å². The zero-order valence-corrected chi connectivity index (χ0v) is 11.9. The van der Waals surface area contributed by atoms with E-state index in [9.17, 15) is 4.79 Å². The third-order valence-corrected chi connectivity index (χ3v) is 3.40. The van der Waals surface area contributed by atoms with Crippen molar-refractivity contribution in [1.29, 1.82) is 0 Å². The molecule has 2 aromatic rings. The molecule has 0 fully saturated rings. The van der Waals surface area contributed by atoms with Crippen LogP contribution in [0.25, 0.3) is 0 Å². The molecular formula is C14H17N3OS. The van der Waals surface area contributed by atoms with Crippen molar-refractivity contribution in [2.24, 2.45) is 0 Å². The van der Waals surface area contributed by atoms with E-state index in [-0.39, 0.29) is 5.91 Å². The van der Waals surface area contributed by atoms with Crippen LogP contribution in [0.3, 0.4) is 0 Å². The average Bonchev–Trinajstić information content (AvgIpc) is 2.89. The second-order valence-electron chi connectivity index (χ2n) is 4.49. The molecule has 1 heterocycles. The number of aromatic nitrogens is 1. The molecule has 2 rings (SSSR count). The van der Waals surface area contributed by atoms with Crippen LogP contribution in [0.4, 0.5) is 5.69 Å². The van der Waals surface area contributed by atoms with Gasteiger partial charge in [-0.1, -0.05) is 12.1 Å². The molecule has 1 aromatic carbocycles. The largest absolute Gasteiger partial charge is 0.378 e. The van der Waals surface area contributed by atoms with Gasteiger partial charge in [0.05, 0.1) is 17.6 Å². The molecule has 0 saturated carbocycles. The summed E-state index contributed by atoms with van der Waals surface area (Å²) in [7, 11) is 4.01. The third-order valence-electron chi connectivity index (χ3n) is 2.77. The topological polar surface area (TPSA) is 45.2 Å². The van der Waals surface area contributed by atoms with E-state index < -0.39 is 0 Å². The van der Waals surface area contributed by atoms with Crippen LogP contribution in [-0.2, 0) is 17.8 Å². The molecule has 4 nitrogen and oxygen atoms in total. The predicted molar refractivity (Wildman–Crippen MR) is 78.4 cm³/mol. The van der Waals surface area contributed by atoms with Crippen LogP contribution in [0.5, 0.6) is 0 Å². The highest BCUT2D eigenvalue weighted by atomic mass is 32.1. The van der Waals surface area contributed by atoms with Crippen LogP contribution in [0.1, 0.15) is 11.3 Å². The number of hydrogen-bond donors (Lipinski definition) is 1. The van der Waals surface area contributed by atoms with Gasteiger partial charge >= 0.3 is 0 Å². The van der Waals surface area contributed by atoms with E-state index in [1.807, 2.05) is 48.6 Å². The van der Waals surface area contributed by atoms with Crippen molar-refractivity contribution < 1.29 is 4.79 Å². The Morgan fingerprint density at radius 2 is 2.05 bits per heavy atom. The summed E-state index contributed by atoms with van der Waals surface area (Å²) < 4.78 is 0. The molecule has 0 aliphatic carbocycles. The van der Waals surface area contributed by atoms with E-state index >= 15 is 0 Å². The van der Waals surface area contributed by atoms with Gasteiger partial charge in [-0.2, -0.15) is 0 Å². The molecule has 1 amide bonds. The second-order valence-corrected chi connectivity index (χ2v) is 5.21. The van der Waals surface area contributed by atoms with Gasteiger partial charge in [0.15, 0.2) is 0 Å². The Kier molecular flexibility index (Phi) is 4.52. The van der Waals surface area contributed by atoms with E-state index in [4.69, 9.17) is 0 Å². The minimum atomic E-state index is 0.00239. The molecular weight excluding hydrogens is 258 g/mol. The molecule has 1 N–H and O–H groups in total. The van der Waals surface area contributed by atoms with Crippen molar-refractivity contribution >= 4 is 22.9 Å². The Hall–Kier alpha value is -1.88. The Morgan fingerprint density at radius 1 is 1.32 bits per heavy atom. The average molecular weight is 275 g/mol. The standard InChI is InChI=1S/C14H17N3OS/c1-17(2)13-5-3-11(4-6-13)8-15-14(18)7-12-9-19-10-16-12/h3-6,9-10H,7-8H2,1-2H3,(H,15,18). The lowest BCUT2D eigenvalue weighted by Crippen LogP contribution is -2.24. The molecule has 0 aliphatic heterocycles. The summed E-state index contributed by atoms with van der Waals surface area (Å²) in [6.45, 7) is 0.552. The lowest BCUT2D eigenvalue weighted by atomic mass is 10.2. The molecule has 0 atom stereocenters. The first-order valence-corrected chi connectivity index (χ1v) is 6.99. The molecule has 5 heteroatoms. The first-order chi connectivity index (χ1) is 9.15. The zero-order chi connectivity index (χ0) is 13.7. The van der Waals surface area contributed by atoms with E-state index in [0.717, 1.165) is 16.9 Å². The zero-order valence-electron chi connectivity index (χ0n) is 11.1. The third kappa shape index (κ3) is 4.06. The van der Waals surface area contributed by atoms with Crippen LogP contribution < -0.4 is 10.2 Å². The summed E-state index contributed by atoms with van der Waals surface area (Å²) in [6, 6.07) is 8.14. The highest BCUT2D eigenvalue weighted by Crippen LogP contribution is 2.12. The van der Waals surface area contributed by atoms with Crippen molar-refractivity contribution in [2.75, 3.05) is 19.0 Å².